The zero-order chi connectivity index (χ0) is 72.3. The largest absolute Gasteiger partial charge is 0.432 e. The van der Waals surface area contributed by atoms with Gasteiger partial charge in [-0.05, 0) is 122 Å². The van der Waals surface area contributed by atoms with Crippen molar-refractivity contribution in [2.45, 2.75) is 320 Å². The second-order valence-electron chi connectivity index (χ2n) is 32.4. The maximum Gasteiger partial charge on any atom is 0.317 e. The highest BCUT2D eigenvalue weighted by molar-refractivity contribution is 5.80. The molecule has 98 heavy (non-hydrogen) atoms. The van der Waals surface area contributed by atoms with Gasteiger partial charge >= 0.3 is 5.97 Å². The van der Waals surface area contributed by atoms with Crippen LogP contribution in [0.25, 0.3) is 0 Å². The van der Waals surface area contributed by atoms with Crippen LogP contribution < -0.4 is 10.6 Å². The Balaban J connectivity index is 0.942. The number of allylic oxidation sites excluding steroid dienone is 2. The van der Waals surface area contributed by atoms with Gasteiger partial charge in [-0.25, -0.2) is 0 Å². The predicted octanol–water partition coefficient (Wildman–Crippen LogP) is -0.236. The van der Waals surface area contributed by atoms with Crippen molar-refractivity contribution in [3.8, 4) is 0 Å². The van der Waals surface area contributed by atoms with E-state index in [0.717, 1.165) is 11.9 Å². The van der Waals surface area contributed by atoms with E-state index in [9.17, 15) is 85.9 Å². The molecular formula is C70H116N2O26. The van der Waals surface area contributed by atoms with E-state index < -0.39 is 225 Å². The van der Waals surface area contributed by atoms with Crippen LogP contribution in [0.15, 0.2) is 11.6 Å². The third kappa shape index (κ3) is 14.9. The van der Waals surface area contributed by atoms with Crippen molar-refractivity contribution in [2.24, 2.45) is 62.1 Å². The smallest absolute Gasteiger partial charge is 0.317 e. The van der Waals surface area contributed by atoms with Gasteiger partial charge in [-0.3, -0.25) is 14.4 Å². The number of carbonyl (C=O) groups excluding carboxylic acids is 4. The lowest BCUT2D eigenvalue weighted by Gasteiger charge is -2.71. The molecule has 5 aliphatic carbocycles. The van der Waals surface area contributed by atoms with E-state index in [1.165, 1.54) is 6.92 Å². The molecule has 16 unspecified atom stereocenters. The Labute approximate surface area is 574 Å². The Bertz CT molecular complexity index is 2770. The van der Waals surface area contributed by atoms with Gasteiger partial charge in [0.25, 0.3) is 0 Å². The lowest BCUT2D eigenvalue weighted by molar-refractivity contribution is -0.370. The number of ether oxygens (including phenoxy) is 8. The van der Waals surface area contributed by atoms with E-state index in [1.807, 2.05) is 34.6 Å². The molecule has 28 heteroatoms. The summed E-state index contributed by atoms with van der Waals surface area (Å²) >= 11 is 0. The molecule has 0 spiro atoms. The normalized spacial score (nSPS) is 46.5. The highest BCUT2D eigenvalue weighted by atomic mass is 16.8. The highest BCUT2D eigenvalue weighted by Crippen LogP contribution is 2.76. The summed E-state index contributed by atoms with van der Waals surface area (Å²) in [6, 6.07) is -2.37. The molecule has 9 aliphatic rings. The molecular weight excluding hydrogens is 1280 g/mol. The predicted molar refractivity (Wildman–Crippen MR) is 344 cm³/mol. The van der Waals surface area contributed by atoms with Crippen molar-refractivity contribution >= 4 is 24.1 Å². The summed E-state index contributed by atoms with van der Waals surface area (Å²) in [6.45, 7) is 19.7. The molecule has 0 radical (unpaired) electrons. The van der Waals surface area contributed by atoms with E-state index in [4.69, 9.17) is 37.9 Å². The molecule has 28 nitrogen and oxygen atoms in total. The molecule has 0 aromatic carbocycles. The number of hydrogen-bond acceptors (Lipinski definition) is 26. The molecule has 0 aromatic rings. The number of aldehydes is 1. The van der Waals surface area contributed by atoms with Crippen molar-refractivity contribution < 1.29 is 129 Å². The first-order chi connectivity index (χ1) is 45.9. The van der Waals surface area contributed by atoms with Gasteiger partial charge in [0.05, 0.1) is 80.7 Å². The standard InChI is InChI=1S/C70H116N2O26/c1-12-32(3)39(71-48(81)25-36(77)23-41(33(4)13-2)93-62-56(88)52(84)43(29-74)95-62)22-35(76)24-49(82)72-50-42(28-73)94-63(59(53(50)85)97-61-57(89)54(86)58(34(5)92-61)96-60-55(87)51(83)40(78)30-91-60)98-64(90)70-21-20-65(6,7)26-38(70)37-14-15-45-66(8)18-17-46(79)67(9,31-75)44(66)16-19-68(45,10)69(37,11)27-47(70)80/h14,31-36,38-47,50-63,73-74,76-80,83-89H,12-13,15-30H2,1-11H3,(H,71,81)(H,72,82)/t32-,33-,34?,35-,36-,38?,39-,40+,41-,42?,43-,44+,45?,46-,47-,50-,51?,52?,53?,54?,55?,56?,57?,58-,59?,60-,61-,62+,63-,66?,67?,68?,69?,70+/m0/s1. The van der Waals surface area contributed by atoms with Gasteiger partial charge in [0.15, 0.2) is 25.0 Å². The minimum atomic E-state index is -2.05. The van der Waals surface area contributed by atoms with Crippen LogP contribution in [0.5, 0.6) is 0 Å². The van der Waals surface area contributed by atoms with Gasteiger partial charge < -0.3 is 125 Å². The molecule has 562 valence electrons. The molecule has 2 amide bonds. The van der Waals surface area contributed by atoms with Crippen LogP contribution in [0, 0.1) is 62.1 Å². The number of amides is 2. The third-order valence-corrected chi connectivity index (χ3v) is 25.9. The Hall–Kier alpha value is -3.02. The number of hydrogen-bond donors (Lipinski definition) is 16. The number of nitrogens with one attached hydrogen (secondary N) is 2. The van der Waals surface area contributed by atoms with Crippen LogP contribution >= 0.6 is 0 Å². The molecule has 4 aliphatic heterocycles. The van der Waals surface area contributed by atoms with Crippen LogP contribution in [0.2, 0.25) is 0 Å². The SMILES string of the molecule is CC[C@H](C)[C@H](C[C@H](O)CC(=O)N[C@H]1C(CO)O[C@@H](OC(=O)[C@]23CCC(C)(C)CC2C2=CCC4C5(C)CC[C@H](O)C(C)(C=O)[C@@H]5CCC4(C)C2(C)C[C@@H]3O)C(O[C@@H]2OC(C)[C@H](O[C@@H]3OC[C@@H](O)C(O)C3O)C(O)C2O)C1O)NC(=O)C[C@@H](O)C[C@H](O[C@@H]1O[C@@H](CO)C(O)C1O)[C@@H](C)CC. The van der Waals surface area contributed by atoms with E-state index in [-0.39, 0.29) is 60.2 Å². The van der Waals surface area contributed by atoms with Gasteiger partial charge in [0.1, 0.15) is 78.8 Å². The molecule has 16 N–H and O–H groups in total. The average Bonchev–Trinajstić information content (AvgIpc) is 0.746. The summed E-state index contributed by atoms with van der Waals surface area (Å²) in [5, 5.41) is 162. The Morgan fingerprint density at radius 1 is 0.663 bits per heavy atom. The number of carbonyl (C=O) groups is 4. The molecule has 4 saturated carbocycles. The Morgan fingerprint density at radius 2 is 1.29 bits per heavy atom. The second-order valence-corrected chi connectivity index (χ2v) is 32.4. The Kier molecular flexibility index (Phi) is 25.0. The van der Waals surface area contributed by atoms with E-state index in [1.54, 1.807) is 0 Å². The highest BCUT2D eigenvalue weighted by Gasteiger charge is 2.72. The van der Waals surface area contributed by atoms with Crippen molar-refractivity contribution in [3.05, 3.63) is 11.6 Å². The van der Waals surface area contributed by atoms with Crippen molar-refractivity contribution in [1.29, 1.82) is 0 Å². The second kappa shape index (κ2) is 31.0. The van der Waals surface area contributed by atoms with E-state index >= 15 is 4.79 Å². The summed E-state index contributed by atoms with van der Waals surface area (Å²) in [7, 11) is 0. The van der Waals surface area contributed by atoms with E-state index in [0.29, 0.717) is 57.8 Å². The van der Waals surface area contributed by atoms with Crippen LogP contribution in [-0.2, 0) is 57.1 Å². The first kappa shape index (κ1) is 79.1. The first-order valence-corrected chi connectivity index (χ1v) is 35.8. The van der Waals surface area contributed by atoms with Crippen LogP contribution in [0.3, 0.4) is 0 Å². The maximum atomic E-state index is 15.9. The lowest BCUT2D eigenvalue weighted by Crippen LogP contribution is -2.69. The molecule has 4 heterocycles. The minimum absolute atomic E-state index is 0.0495. The first-order valence-electron chi connectivity index (χ1n) is 35.8. The zero-order valence-electron chi connectivity index (χ0n) is 58.8. The molecule has 0 bridgehead atoms. The summed E-state index contributed by atoms with van der Waals surface area (Å²) in [5.74, 6) is -3.49. The number of esters is 1. The fraction of sp³-hybridized carbons (Fsp3) is 0.914. The summed E-state index contributed by atoms with van der Waals surface area (Å²) in [4.78, 5) is 56.7. The summed E-state index contributed by atoms with van der Waals surface area (Å²) in [5.41, 5.74) is -3.33. The van der Waals surface area contributed by atoms with Gasteiger partial charge in [0, 0.05) is 12.5 Å². The van der Waals surface area contributed by atoms with Gasteiger partial charge in [-0.15, -0.1) is 0 Å². The molecule has 34 atom stereocenters. The fourth-order valence-corrected chi connectivity index (χ4v) is 19.0. The molecule has 8 fully saturated rings. The van der Waals surface area contributed by atoms with Crippen molar-refractivity contribution in [1.82, 2.24) is 10.6 Å². The van der Waals surface area contributed by atoms with Crippen molar-refractivity contribution in [3.63, 3.8) is 0 Å². The fourth-order valence-electron chi connectivity index (χ4n) is 19.0. The molecule has 4 saturated heterocycles. The number of aliphatic hydroxyl groups excluding tert-OH is 14. The molecule has 9 rings (SSSR count). The summed E-state index contributed by atoms with van der Waals surface area (Å²) in [6.07, 6.45) is -26.0. The summed E-state index contributed by atoms with van der Waals surface area (Å²) < 4.78 is 48.1. The van der Waals surface area contributed by atoms with Crippen molar-refractivity contribution in [2.75, 3.05) is 19.8 Å². The average molecular weight is 1400 g/mol. The van der Waals surface area contributed by atoms with Crippen LogP contribution in [0.4, 0.5) is 0 Å². The lowest BCUT2D eigenvalue weighted by atomic mass is 9.33. The minimum Gasteiger partial charge on any atom is -0.432 e. The number of rotatable bonds is 25. The third-order valence-electron chi connectivity index (χ3n) is 25.9. The van der Waals surface area contributed by atoms with Gasteiger partial charge in [-0.2, -0.15) is 0 Å². The maximum absolute atomic E-state index is 15.9. The number of fused-ring (bicyclic) bond motifs is 7. The molecule has 0 aromatic heterocycles. The van der Waals surface area contributed by atoms with Gasteiger partial charge in [-0.1, -0.05) is 93.7 Å². The van der Waals surface area contributed by atoms with Crippen LogP contribution in [0.1, 0.15) is 172 Å². The van der Waals surface area contributed by atoms with Crippen LogP contribution in [-0.4, -0.2) is 262 Å². The van der Waals surface area contributed by atoms with E-state index in [2.05, 4.69) is 51.3 Å². The topological polar surface area (TPSA) is 449 Å². The number of aliphatic hydroxyl groups is 14. The Morgan fingerprint density at radius 3 is 1.93 bits per heavy atom. The van der Waals surface area contributed by atoms with Gasteiger partial charge in [0.2, 0.25) is 18.1 Å². The zero-order valence-corrected chi connectivity index (χ0v) is 58.8. The monoisotopic (exact) mass is 1400 g/mol. The quantitative estimate of drug-likeness (QED) is 0.0319.